The van der Waals surface area contributed by atoms with Crippen LogP contribution < -0.4 is 10.2 Å². The molecule has 3 aromatic heterocycles. The molecule has 4 aromatic rings. The van der Waals surface area contributed by atoms with Gasteiger partial charge in [0.1, 0.15) is 11.1 Å². The smallest absolute Gasteiger partial charge is 0.410 e. The number of ether oxygens (including phenoxy) is 1. The van der Waals surface area contributed by atoms with Crippen LogP contribution in [0.4, 0.5) is 20.6 Å². The lowest BCUT2D eigenvalue weighted by atomic mass is 10.0. The summed E-state index contributed by atoms with van der Waals surface area (Å²) in [5, 5.41) is 12.0. The number of aryl methyl sites for hydroxylation is 1. The number of rotatable bonds is 5. The minimum Gasteiger partial charge on any atom is -0.444 e. The summed E-state index contributed by atoms with van der Waals surface area (Å²) >= 11 is 0. The van der Waals surface area contributed by atoms with Crippen molar-refractivity contribution in [3.63, 3.8) is 0 Å². The molecule has 0 spiro atoms. The number of amides is 2. The second-order valence-electron chi connectivity index (χ2n) is 11.9. The largest absolute Gasteiger partial charge is 0.444 e. The van der Waals surface area contributed by atoms with Crippen LogP contribution in [0.2, 0.25) is 0 Å². The lowest BCUT2D eigenvalue weighted by Gasteiger charge is -2.40. The maximum atomic E-state index is 14.6. The van der Waals surface area contributed by atoms with Gasteiger partial charge in [0.25, 0.3) is 5.91 Å². The average Bonchev–Trinajstić information content (AvgIpc) is 3.69. The minimum atomic E-state index is -0.530. The molecule has 1 aliphatic carbocycles. The highest BCUT2D eigenvalue weighted by atomic mass is 19.1. The molecule has 41 heavy (non-hydrogen) atoms. The Hall–Kier alpha value is -4.28. The van der Waals surface area contributed by atoms with Crippen LogP contribution in [-0.4, -0.2) is 67.3 Å². The van der Waals surface area contributed by atoms with Gasteiger partial charge in [0.05, 0.1) is 17.4 Å². The number of halogens is 1. The highest BCUT2D eigenvalue weighted by Gasteiger charge is 2.40. The summed E-state index contributed by atoms with van der Waals surface area (Å²) in [5.74, 6) is -0.930. The number of hydrogen-bond donors (Lipinski definition) is 1. The first-order valence-electron chi connectivity index (χ1n) is 14.0. The van der Waals surface area contributed by atoms with Gasteiger partial charge >= 0.3 is 6.09 Å². The van der Waals surface area contributed by atoms with Crippen molar-refractivity contribution < 1.29 is 18.7 Å². The van der Waals surface area contributed by atoms with Crippen LogP contribution in [-0.2, 0) is 4.74 Å². The molecule has 6 rings (SSSR count). The van der Waals surface area contributed by atoms with Crippen LogP contribution in [0.15, 0.2) is 42.9 Å². The molecule has 0 atom stereocenters. The number of hydrogen-bond acceptors (Lipinski definition) is 7. The molecule has 214 valence electrons. The maximum Gasteiger partial charge on any atom is 0.410 e. The molecule has 2 amide bonds. The molecule has 0 unspecified atom stereocenters. The van der Waals surface area contributed by atoms with Crippen molar-refractivity contribution >= 4 is 39.9 Å². The van der Waals surface area contributed by atoms with E-state index in [0.717, 1.165) is 55.5 Å². The Bertz CT molecular complexity index is 1630. The van der Waals surface area contributed by atoms with Gasteiger partial charge in [0.2, 0.25) is 0 Å². The van der Waals surface area contributed by atoms with E-state index in [2.05, 4.69) is 25.4 Å². The maximum absolute atomic E-state index is 14.6. The average molecular weight is 560 g/mol. The molecular formula is C30H34FN7O3. The van der Waals surface area contributed by atoms with Crippen LogP contribution in [0.1, 0.15) is 62.5 Å². The second-order valence-corrected chi connectivity index (χ2v) is 11.9. The standard InChI is InChI=1S/C30H34FN7O3/c1-18-16-32-27-24(31)15-19(17-37(18)27)34-28(39)23-7-8-25(22-9-12-33-35-26(22)23)36-13-10-21(11-14-36)38(20-5-6-20)29(40)41-30(2,3)4/h7-9,12,15-17,20-21H,5-6,10-11,13-14H2,1-4H3,(H,34,39). The molecule has 1 N–H and O–H groups in total. The highest BCUT2D eigenvalue weighted by molar-refractivity contribution is 6.13. The zero-order valence-electron chi connectivity index (χ0n) is 23.7. The molecule has 1 aromatic carbocycles. The van der Waals surface area contributed by atoms with Crippen molar-refractivity contribution in [3.05, 3.63) is 59.9 Å². The van der Waals surface area contributed by atoms with E-state index in [9.17, 15) is 14.0 Å². The van der Waals surface area contributed by atoms with Gasteiger partial charge in [0, 0.05) is 60.4 Å². The molecule has 11 heteroatoms. The van der Waals surface area contributed by atoms with Gasteiger partial charge in [0.15, 0.2) is 11.5 Å². The Morgan fingerprint density at radius 3 is 2.54 bits per heavy atom. The zero-order valence-corrected chi connectivity index (χ0v) is 23.7. The number of imidazole rings is 1. The summed E-state index contributed by atoms with van der Waals surface area (Å²) in [5.41, 5.74) is 2.52. The van der Waals surface area contributed by atoms with E-state index in [1.807, 2.05) is 44.7 Å². The fourth-order valence-corrected chi connectivity index (χ4v) is 5.61. The van der Waals surface area contributed by atoms with Crippen LogP contribution >= 0.6 is 0 Å². The summed E-state index contributed by atoms with van der Waals surface area (Å²) in [6, 6.07) is 7.17. The summed E-state index contributed by atoms with van der Waals surface area (Å²) in [6.07, 6.45) is 8.30. The Kier molecular flexibility index (Phi) is 6.75. The van der Waals surface area contributed by atoms with Gasteiger partial charge in [-0.1, -0.05) is 0 Å². The zero-order chi connectivity index (χ0) is 28.9. The SMILES string of the molecule is Cc1cnc2c(F)cc(NC(=O)c3ccc(N4CCC(N(C(=O)OC(C)(C)C)C5CC5)CC4)c4ccnnc34)cn12. The molecule has 4 heterocycles. The van der Waals surface area contributed by atoms with Gasteiger partial charge in [-0.2, -0.15) is 5.10 Å². The van der Waals surface area contributed by atoms with E-state index in [1.165, 1.54) is 6.07 Å². The summed E-state index contributed by atoms with van der Waals surface area (Å²) in [7, 11) is 0. The number of nitrogens with zero attached hydrogens (tertiary/aromatic N) is 6. The van der Waals surface area contributed by atoms with Crippen LogP contribution in [0, 0.1) is 12.7 Å². The first-order chi connectivity index (χ1) is 19.6. The number of nitrogens with one attached hydrogen (secondary N) is 1. The molecule has 1 saturated carbocycles. The van der Waals surface area contributed by atoms with Crippen molar-refractivity contribution in [2.75, 3.05) is 23.3 Å². The summed E-state index contributed by atoms with van der Waals surface area (Å²) in [4.78, 5) is 34.6. The quantitative estimate of drug-likeness (QED) is 0.352. The number of carbonyl (C=O) groups is 2. The van der Waals surface area contributed by atoms with Gasteiger partial charge in [-0.15, -0.1) is 5.10 Å². The lowest BCUT2D eigenvalue weighted by molar-refractivity contribution is 0.0114. The minimum absolute atomic E-state index is 0.126. The summed E-state index contributed by atoms with van der Waals surface area (Å²) in [6.45, 7) is 9.01. The second kappa shape index (κ2) is 10.3. The molecule has 1 aliphatic heterocycles. The highest BCUT2D eigenvalue weighted by Crippen LogP contribution is 2.36. The number of anilines is 2. The Morgan fingerprint density at radius 2 is 1.83 bits per heavy atom. The topological polar surface area (TPSA) is 105 Å². The molecular weight excluding hydrogens is 525 g/mol. The number of benzene rings is 1. The Balaban J connectivity index is 1.21. The van der Waals surface area contributed by atoms with E-state index in [1.54, 1.807) is 29.1 Å². The van der Waals surface area contributed by atoms with Crippen molar-refractivity contribution in [2.45, 2.75) is 71.1 Å². The fourth-order valence-electron chi connectivity index (χ4n) is 5.61. The van der Waals surface area contributed by atoms with Crippen LogP contribution in [0.25, 0.3) is 16.6 Å². The van der Waals surface area contributed by atoms with E-state index in [-0.39, 0.29) is 23.8 Å². The molecule has 2 fully saturated rings. The van der Waals surface area contributed by atoms with Gasteiger partial charge < -0.3 is 19.9 Å². The van der Waals surface area contributed by atoms with Gasteiger partial charge in [-0.05, 0) is 71.6 Å². The third-order valence-corrected chi connectivity index (χ3v) is 7.65. The first-order valence-corrected chi connectivity index (χ1v) is 14.0. The van der Waals surface area contributed by atoms with Crippen LogP contribution in [0.3, 0.4) is 0 Å². The number of carbonyl (C=O) groups excluding carboxylic acids is 2. The van der Waals surface area contributed by atoms with E-state index in [0.29, 0.717) is 16.8 Å². The third kappa shape index (κ3) is 5.40. The van der Waals surface area contributed by atoms with Gasteiger partial charge in [-0.3, -0.25) is 9.20 Å². The van der Waals surface area contributed by atoms with Crippen molar-refractivity contribution in [1.29, 1.82) is 0 Å². The van der Waals surface area contributed by atoms with Crippen molar-refractivity contribution in [3.8, 4) is 0 Å². The predicted octanol–water partition coefficient (Wildman–Crippen LogP) is 5.35. The van der Waals surface area contributed by atoms with E-state index in [4.69, 9.17) is 4.74 Å². The molecule has 0 radical (unpaired) electrons. The first kappa shape index (κ1) is 26.9. The van der Waals surface area contributed by atoms with Crippen LogP contribution in [0.5, 0.6) is 0 Å². The Labute approximate surface area is 237 Å². The molecule has 0 bridgehead atoms. The fraction of sp³-hybridized carbons (Fsp3) is 0.433. The lowest BCUT2D eigenvalue weighted by Crippen LogP contribution is -2.50. The Morgan fingerprint density at radius 1 is 1.10 bits per heavy atom. The molecule has 1 saturated heterocycles. The number of piperidine rings is 1. The summed E-state index contributed by atoms with van der Waals surface area (Å²) < 4.78 is 21.9. The third-order valence-electron chi connectivity index (χ3n) is 7.65. The number of aromatic nitrogens is 4. The van der Waals surface area contributed by atoms with Crippen molar-refractivity contribution in [2.24, 2.45) is 0 Å². The van der Waals surface area contributed by atoms with E-state index < -0.39 is 17.3 Å². The molecule has 2 aliphatic rings. The molecule has 10 nitrogen and oxygen atoms in total. The normalized spacial score (nSPS) is 16.3. The monoisotopic (exact) mass is 559 g/mol. The number of fused-ring (bicyclic) bond motifs is 2. The van der Waals surface area contributed by atoms with Crippen molar-refractivity contribution in [1.82, 2.24) is 24.5 Å². The predicted molar refractivity (Wildman–Crippen MR) is 154 cm³/mol. The van der Waals surface area contributed by atoms with Gasteiger partial charge in [-0.25, -0.2) is 14.2 Å². The number of pyridine rings is 1. The van der Waals surface area contributed by atoms with E-state index >= 15 is 0 Å².